The highest BCUT2D eigenvalue weighted by molar-refractivity contribution is 5.36. The van der Waals surface area contributed by atoms with E-state index in [1.807, 2.05) is 0 Å². The first kappa shape index (κ1) is 8.37. The number of nitrogens with one attached hydrogen (secondary N) is 1. The molecule has 2 N–H and O–H groups in total. The van der Waals surface area contributed by atoms with E-state index in [1.54, 1.807) is 0 Å². The lowest BCUT2D eigenvalue weighted by Gasteiger charge is -2.33. The second kappa shape index (κ2) is 3.26. The highest BCUT2D eigenvalue weighted by Crippen LogP contribution is 2.23. The molecule has 0 aromatic carbocycles. The van der Waals surface area contributed by atoms with E-state index in [9.17, 15) is 9.50 Å². The van der Waals surface area contributed by atoms with E-state index in [-0.39, 0.29) is 18.0 Å². The molecule has 1 aromatic heterocycles. The zero-order valence-corrected chi connectivity index (χ0v) is 6.94. The van der Waals surface area contributed by atoms with Gasteiger partial charge in [0.2, 0.25) is 0 Å². The molecule has 0 spiro atoms. The molecule has 0 unspecified atom stereocenters. The van der Waals surface area contributed by atoms with Crippen molar-refractivity contribution in [1.82, 2.24) is 9.97 Å². The zero-order chi connectivity index (χ0) is 9.26. The minimum atomic E-state index is -0.485. The molecule has 4 nitrogen and oxygen atoms in total. The fraction of sp³-hybridized carbons (Fsp3) is 0.500. The zero-order valence-electron chi connectivity index (χ0n) is 6.94. The summed E-state index contributed by atoms with van der Waals surface area (Å²) in [4.78, 5) is 7.25. The van der Waals surface area contributed by atoms with Crippen molar-refractivity contribution in [2.45, 2.75) is 25.0 Å². The Morgan fingerprint density at radius 1 is 1.54 bits per heavy atom. The Hall–Kier alpha value is -1.23. The maximum Gasteiger partial charge on any atom is 0.183 e. The molecule has 1 fully saturated rings. The molecular formula is C8H10FN3O. The number of aliphatic hydroxyl groups is 1. The van der Waals surface area contributed by atoms with Gasteiger partial charge in [-0.2, -0.15) is 0 Å². The summed E-state index contributed by atoms with van der Waals surface area (Å²) in [5.74, 6) is -0.319. The van der Waals surface area contributed by atoms with E-state index in [2.05, 4.69) is 15.3 Å². The molecule has 2 rings (SSSR count). The van der Waals surface area contributed by atoms with Crippen molar-refractivity contribution < 1.29 is 9.50 Å². The first-order valence-electron chi connectivity index (χ1n) is 4.17. The van der Waals surface area contributed by atoms with Crippen LogP contribution in [0.25, 0.3) is 0 Å². The number of anilines is 1. The van der Waals surface area contributed by atoms with Gasteiger partial charge in [-0.05, 0) is 12.8 Å². The normalized spacial score (nSPS) is 26.6. The van der Waals surface area contributed by atoms with Crippen LogP contribution in [0.3, 0.4) is 0 Å². The van der Waals surface area contributed by atoms with Crippen LogP contribution in [0.4, 0.5) is 10.2 Å². The Morgan fingerprint density at radius 2 is 2.38 bits per heavy atom. The number of hydrogen-bond donors (Lipinski definition) is 2. The van der Waals surface area contributed by atoms with E-state index < -0.39 is 5.82 Å². The van der Waals surface area contributed by atoms with Crippen molar-refractivity contribution in [3.05, 3.63) is 18.3 Å². The van der Waals surface area contributed by atoms with Gasteiger partial charge in [-0.15, -0.1) is 0 Å². The number of nitrogens with zero attached hydrogens (tertiary/aromatic N) is 2. The van der Waals surface area contributed by atoms with Crippen LogP contribution in [0.1, 0.15) is 12.8 Å². The Labute approximate surface area is 74.8 Å². The van der Waals surface area contributed by atoms with Crippen LogP contribution >= 0.6 is 0 Å². The fourth-order valence-electron chi connectivity index (χ4n) is 1.25. The van der Waals surface area contributed by atoms with Gasteiger partial charge in [-0.3, -0.25) is 0 Å². The highest BCUT2D eigenvalue weighted by Gasteiger charge is 2.29. The molecule has 0 aliphatic heterocycles. The second-order valence-electron chi connectivity index (χ2n) is 3.11. The predicted molar refractivity (Wildman–Crippen MR) is 44.6 cm³/mol. The lowest BCUT2D eigenvalue weighted by atomic mass is 9.89. The molecule has 70 valence electrons. The van der Waals surface area contributed by atoms with Crippen molar-refractivity contribution >= 4 is 5.82 Å². The largest absolute Gasteiger partial charge is 0.391 e. The molecule has 0 amide bonds. The average Bonchev–Trinajstić information content (AvgIpc) is 2.14. The van der Waals surface area contributed by atoms with E-state index in [0.717, 1.165) is 19.0 Å². The lowest BCUT2D eigenvalue weighted by molar-refractivity contribution is 0.0782. The Kier molecular flexibility index (Phi) is 2.10. The summed E-state index contributed by atoms with van der Waals surface area (Å²) in [6, 6.07) is -0.0654. The van der Waals surface area contributed by atoms with Gasteiger partial charge < -0.3 is 10.4 Å². The Balaban J connectivity index is 2.05. The van der Waals surface area contributed by atoms with Gasteiger partial charge in [0.15, 0.2) is 11.6 Å². The van der Waals surface area contributed by atoms with Gasteiger partial charge >= 0.3 is 0 Å². The molecule has 1 aliphatic rings. The molecule has 13 heavy (non-hydrogen) atoms. The third-order valence-corrected chi connectivity index (χ3v) is 2.23. The Bertz CT molecular complexity index is 307. The Morgan fingerprint density at radius 3 is 2.92 bits per heavy atom. The molecule has 1 heterocycles. The summed E-state index contributed by atoms with van der Waals surface area (Å²) in [5, 5.41) is 12.1. The van der Waals surface area contributed by atoms with E-state index in [4.69, 9.17) is 0 Å². The van der Waals surface area contributed by atoms with Crippen LogP contribution in [0, 0.1) is 5.82 Å². The summed E-state index contributed by atoms with van der Waals surface area (Å²) in [7, 11) is 0. The minimum absolute atomic E-state index is 0.0654. The summed E-state index contributed by atoms with van der Waals surface area (Å²) in [6.07, 6.45) is 3.61. The van der Waals surface area contributed by atoms with Gasteiger partial charge in [0.05, 0.1) is 18.3 Å². The number of aliphatic hydroxyl groups excluding tert-OH is 1. The van der Waals surface area contributed by atoms with Crippen molar-refractivity contribution in [3.63, 3.8) is 0 Å². The van der Waals surface area contributed by atoms with E-state index in [1.165, 1.54) is 6.33 Å². The van der Waals surface area contributed by atoms with Gasteiger partial charge in [0.25, 0.3) is 0 Å². The summed E-state index contributed by atoms with van der Waals surface area (Å²) >= 11 is 0. The molecule has 5 heteroatoms. The quantitative estimate of drug-likeness (QED) is 0.703. The molecule has 0 bridgehead atoms. The van der Waals surface area contributed by atoms with Crippen LogP contribution in [-0.4, -0.2) is 27.2 Å². The molecule has 0 saturated heterocycles. The topological polar surface area (TPSA) is 58.0 Å². The summed E-state index contributed by atoms with van der Waals surface area (Å²) in [5.41, 5.74) is 0. The van der Waals surface area contributed by atoms with Crippen LogP contribution in [0.5, 0.6) is 0 Å². The van der Waals surface area contributed by atoms with Crippen molar-refractivity contribution in [1.29, 1.82) is 0 Å². The van der Waals surface area contributed by atoms with E-state index in [0.29, 0.717) is 0 Å². The number of hydrogen-bond acceptors (Lipinski definition) is 4. The van der Waals surface area contributed by atoms with Crippen LogP contribution in [0.15, 0.2) is 12.5 Å². The predicted octanol–water partition coefficient (Wildman–Crippen LogP) is 0.551. The van der Waals surface area contributed by atoms with Crippen molar-refractivity contribution in [3.8, 4) is 0 Å². The first-order valence-corrected chi connectivity index (χ1v) is 4.17. The summed E-state index contributed by atoms with van der Waals surface area (Å²) in [6.45, 7) is 0. The molecular weight excluding hydrogens is 173 g/mol. The number of halogens is 1. The minimum Gasteiger partial charge on any atom is -0.391 e. The third kappa shape index (κ3) is 1.60. The van der Waals surface area contributed by atoms with Crippen molar-refractivity contribution in [2.24, 2.45) is 0 Å². The molecule has 1 aromatic rings. The summed E-state index contributed by atoms with van der Waals surface area (Å²) < 4.78 is 13.0. The van der Waals surface area contributed by atoms with Gasteiger partial charge in [0.1, 0.15) is 6.33 Å². The molecule has 1 aliphatic carbocycles. The smallest absolute Gasteiger partial charge is 0.183 e. The maximum absolute atomic E-state index is 13.0. The monoisotopic (exact) mass is 183 g/mol. The molecule has 0 radical (unpaired) electrons. The van der Waals surface area contributed by atoms with E-state index >= 15 is 0 Å². The fourth-order valence-corrected chi connectivity index (χ4v) is 1.25. The lowest BCUT2D eigenvalue weighted by Crippen LogP contribution is -2.43. The molecule has 1 saturated carbocycles. The standard InChI is InChI=1S/C8H10FN3O/c9-5-3-10-4-11-8(5)12-6-1-2-7(6)13/h3-4,6-7,13H,1-2H2,(H,10,11,12)/t6-,7-/m1/s1. The van der Waals surface area contributed by atoms with Crippen LogP contribution < -0.4 is 5.32 Å². The number of aromatic nitrogens is 2. The second-order valence-corrected chi connectivity index (χ2v) is 3.11. The SMILES string of the molecule is O[C@@H]1CC[C@H]1Nc1ncncc1F. The molecule has 2 atom stereocenters. The van der Waals surface area contributed by atoms with Gasteiger partial charge in [-0.1, -0.05) is 0 Å². The first-order chi connectivity index (χ1) is 6.27. The highest BCUT2D eigenvalue weighted by atomic mass is 19.1. The third-order valence-electron chi connectivity index (χ3n) is 2.23. The van der Waals surface area contributed by atoms with Crippen LogP contribution in [-0.2, 0) is 0 Å². The van der Waals surface area contributed by atoms with Crippen molar-refractivity contribution in [2.75, 3.05) is 5.32 Å². The number of rotatable bonds is 2. The van der Waals surface area contributed by atoms with Gasteiger partial charge in [0, 0.05) is 0 Å². The average molecular weight is 183 g/mol. The maximum atomic E-state index is 13.0. The van der Waals surface area contributed by atoms with Crippen LogP contribution in [0.2, 0.25) is 0 Å². The van der Waals surface area contributed by atoms with Gasteiger partial charge in [-0.25, -0.2) is 14.4 Å².